The van der Waals surface area contributed by atoms with Gasteiger partial charge in [-0.25, -0.2) is 0 Å². The summed E-state index contributed by atoms with van der Waals surface area (Å²) in [6.07, 6.45) is 0.929. The summed E-state index contributed by atoms with van der Waals surface area (Å²) in [6, 6.07) is 24.5. The third-order valence-corrected chi connectivity index (χ3v) is 4.64. The fourth-order valence-electron chi connectivity index (χ4n) is 2.84. The summed E-state index contributed by atoms with van der Waals surface area (Å²) >= 11 is 12.9. The van der Waals surface area contributed by atoms with Gasteiger partial charge in [0.15, 0.2) is 0 Å². The fraction of sp³-hybridized carbons (Fsp3) is 0.0952. The Morgan fingerprint density at radius 3 is 1.92 bits per heavy atom. The molecule has 25 heavy (non-hydrogen) atoms. The maximum atomic E-state index is 12.0. The molecule has 0 amide bonds. The molecule has 0 heterocycles. The van der Waals surface area contributed by atoms with E-state index in [-0.39, 0.29) is 0 Å². The Bertz CT molecular complexity index is 817. The highest BCUT2D eigenvalue weighted by Gasteiger charge is 2.24. The monoisotopic (exact) mass is 369 g/mol. The molecule has 1 unspecified atom stereocenters. The summed E-state index contributed by atoms with van der Waals surface area (Å²) in [5.41, 5.74) is 2.63. The molecule has 0 bridgehead atoms. The first-order valence-electron chi connectivity index (χ1n) is 7.95. The number of hydrogen-bond acceptors (Lipinski definition) is 2. The van der Waals surface area contributed by atoms with Crippen LogP contribution >= 0.6 is 23.2 Å². The zero-order valence-corrected chi connectivity index (χ0v) is 15.0. The van der Waals surface area contributed by atoms with E-state index in [0.717, 1.165) is 17.4 Å². The van der Waals surface area contributed by atoms with Crippen molar-refractivity contribution in [2.75, 3.05) is 4.90 Å². The minimum atomic E-state index is -0.487. The van der Waals surface area contributed by atoms with Gasteiger partial charge in [0.25, 0.3) is 0 Å². The predicted molar refractivity (Wildman–Crippen MR) is 104 cm³/mol. The van der Waals surface area contributed by atoms with Crippen molar-refractivity contribution in [3.8, 4) is 0 Å². The van der Waals surface area contributed by atoms with Crippen molar-refractivity contribution >= 4 is 35.2 Å². The highest BCUT2D eigenvalue weighted by molar-refractivity contribution is 6.39. The van der Waals surface area contributed by atoms with E-state index in [1.54, 1.807) is 18.2 Å². The quantitative estimate of drug-likeness (QED) is 0.501. The van der Waals surface area contributed by atoms with Gasteiger partial charge in [0.2, 0.25) is 0 Å². The zero-order valence-electron chi connectivity index (χ0n) is 13.5. The summed E-state index contributed by atoms with van der Waals surface area (Å²) in [5.74, 6) is 0. The van der Waals surface area contributed by atoms with Crippen molar-refractivity contribution in [3.63, 3.8) is 0 Å². The lowest BCUT2D eigenvalue weighted by molar-refractivity contribution is -0.109. The summed E-state index contributed by atoms with van der Waals surface area (Å²) in [6.45, 7) is 0.516. The summed E-state index contributed by atoms with van der Waals surface area (Å²) in [7, 11) is 0. The molecule has 4 heteroatoms. The van der Waals surface area contributed by atoms with Gasteiger partial charge in [-0.1, -0.05) is 89.9 Å². The third kappa shape index (κ3) is 4.04. The first-order chi connectivity index (χ1) is 12.2. The number of nitrogens with zero attached hydrogens (tertiary/aromatic N) is 1. The van der Waals surface area contributed by atoms with Crippen LogP contribution in [-0.4, -0.2) is 6.29 Å². The van der Waals surface area contributed by atoms with Crippen LogP contribution in [0.2, 0.25) is 10.0 Å². The van der Waals surface area contributed by atoms with Gasteiger partial charge >= 0.3 is 0 Å². The van der Waals surface area contributed by atoms with E-state index in [0.29, 0.717) is 22.3 Å². The van der Waals surface area contributed by atoms with Crippen LogP contribution in [0.4, 0.5) is 5.69 Å². The van der Waals surface area contributed by atoms with Crippen molar-refractivity contribution in [2.24, 2.45) is 0 Å². The van der Waals surface area contributed by atoms with Gasteiger partial charge in [-0.15, -0.1) is 0 Å². The summed E-state index contributed by atoms with van der Waals surface area (Å²) in [4.78, 5) is 14.0. The van der Waals surface area contributed by atoms with E-state index < -0.39 is 6.04 Å². The molecule has 3 aromatic rings. The number of benzene rings is 3. The van der Waals surface area contributed by atoms with Crippen LogP contribution in [-0.2, 0) is 11.3 Å². The lowest BCUT2D eigenvalue weighted by Crippen LogP contribution is -2.30. The van der Waals surface area contributed by atoms with E-state index in [4.69, 9.17) is 23.2 Å². The molecular formula is C21H17Cl2NO. The molecule has 2 nitrogen and oxygen atoms in total. The Morgan fingerprint density at radius 2 is 1.36 bits per heavy atom. The van der Waals surface area contributed by atoms with Crippen LogP contribution in [0.25, 0.3) is 0 Å². The number of rotatable bonds is 6. The second-order valence-corrected chi connectivity index (χ2v) is 6.49. The van der Waals surface area contributed by atoms with Crippen molar-refractivity contribution in [2.45, 2.75) is 12.6 Å². The lowest BCUT2D eigenvalue weighted by atomic mass is 10.0. The van der Waals surface area contributed by atoms with Crippen molar-refractivity contribution in [3.05, 3.63) is 100 Å². The van der Waals surface area contributed by atoms with Gasteiger partial charge in [-0.2, -0.15) is 0 Å². The second kappa shape index (κ2) is 8.19. The van der Waals surface area contributed by atoms with E-state index in [1.165, 1.54) is 0 Å². The topological polar surface area (TPSA) is 20.3 Å². The smallest absolute Gasteiger partial charge is 0.147 e. The molecule has 0 saturated carbocycles. The number of halogens is 2. The fourth-order valence-corrected chi connectivity index (χ4v) is 3.46. The van der Waals surface area contributed by atoms with Crippen LogP contribution in [0.15, 0.2) is 78.9 Å². The molecular weight excluding hydrogens is 353 g/mol. The Hall–Kier alpha value is -2.29. The average Bonchev–Trinajstić information content (AvgIpc) is 2.64. The number of para-hydroxylation sites is 1. The number of carbonyl (C=O) groups is 1. The predicted octanol–water partition coefficient (Wildman–Crippen LogP) is 5.94. The SMILES string of the molecule is O=CC(c1ccccc1)N(Cc1ccccc1)c1c(Cl)cccc1Cl. The molecule has 0 aromatic heterocycles. The normalized spacial score (nSPS) is 11.8. The third-order valence-electron chi connectivity index (χ3n) is 4.03. The molecule has 3 rings (SSSR count). The summed E-state index contributed by atoms with van der Waals surface area (Å²) in [5, 5.41) is 1.04. The van der Waals surface area contributed by atoms with Crippen LogP contribution in [0, 0.1) is 0 Å². The van der Waals surface area contributed by atoms with Gasteiger partial charge in [-0.05, 0) is 23.3 Å². The Labute approximate surface area is 157 Å². The lowest BCUT2D eigenvalue weighted by Gasteiger charge is -2.32. The van der Waals surface area contributed by atoms with E-state index in [1.807, 2.05) is 65.6 Å². The minimum Gasteiger partial charge on any atom is -0.351 e. The molecule has 126 valence electrons. The highest BCUT2D eigenvalue weighted by atomic mass is 35.5. The minimum absolute atomic E-state index is 0.487. The van der Waals surface area contributed by atoms with Gasteiger partial charge in [0, 0.05) is 6.54 Å². The average molecular weight is 370 g/mol. The first-order valence-corrected chi connectivity index (χ1v) is 8.71. The molecule has 0 aliphatic carbocycles. The molecule has 1 atom stereocenters. The standard InChI is InChI=1S/C21H17Cl2NO/c22-18-12-7-13-19(23)21(18)24(14-16-8-3-1-4-9-16)20(15-25)17-10-5-2-6-11-17/h1-13,15,20H,14H2. The van der Waals surface area contributed by atoms with Gasteiger partial charge in [0.05, 0.1) is 15.7 Å². The van der Waals surface area contributed by atoms with Crippen molar-refractivity contribution in [1.82, 2.24) is 0 Å². The molecule has 0 aliphatic heterocycles. The number of hydrogen-bond donors (Lipinski definition) is 0. The van der Waals surface area contributed by atoms with Gasteiger partial charge < -0.3 is 9.69 Å². The maximum absolute atomic E-state index is 12.0. The largest absolute Gasteiger partial charge is 0.351 e. The summed E-state index contributed by atoms with van der Waals surface area (Å²) < 4.78 is 0. The number of anilines is 1. The second-order valence-electron chi connectivity index (χ2n) is 5.68. The molecule has 0 spiro atoms. The molecule has 0 N–H and O–H groups in total. The molecule has 0 fully saturated rings. The Morgan fingerprint density at radius 1 is 0.800 bits per heavy atom. The maximum Gasteiger partial charge on any atom is 0.147 e. The van der Waals surface area contributed by atoms with Gasteiger partial charge in [-0.3, -0.25) is 0 Å². The van der Waals surface area contributed by atoms with Crippen LogP contribution in [0.5, 0.6) is 0 Å². The van der Waals surface area contributed by atoms with E-state index in [2.05, 4.69) is 0 Å². The van der Waals surface area contributed by atoms with E-state index >= 15 is 0 Å². The molecule has 0 aliphatic rings. The molecule has 3 aromatic carbocycles. The van der Waals surface area contributed by atoms with Crippen molar-refractivity contribution in [1.29, 1.82) is 0 Å². The Kier molecular flexibility index (Phi) is 5.75. The Balaban J connectivity index is 2.09. The molecule has 0 saturated heterocycles. The highest BCUT2D eigenvalue weighted by Crippen LogP contribution is 2.38. The van der Waals surface area contributed by atoms with Crippen molar-refractivity contribution < 1.29 is 4.79 Å². The van der Waals surface area contributed by atoms with E-state index in [9.17, 15) is 4.79 Å². The van der Waals surface area contributed by atoms with Crippen LogP contribution < -0.4 is 4.90 Å². The zero-order chi connectivity index (χ0) is 17.6. The number of aldehydes is 1. The van der Waals surface area contributed by atoms with Gasteiger partial charge in [0.1, 0.15) is 12.3 Å². The number of carbonyl (C=O) groups excluding carboxylic acids is 1. The van der Waals surface area contributed by atoms with Crippen LogP contribution in [0.1, 0.15) is 17.2 Å². The first kappa shape index (κ1) is 17.5. The van der Waals surface area contributed by atoms with Crippen LogP contribution in [0.3, 0.4) is 0 Å². The molecule has 0 radical (unpaired) electrons.